The molecule has 2 aromatic rings. The van der Waals surface area contributed by atoms with Crippen molar-refractivity contribution in [2.24, 2.45) is 5.92 Å². The molecule has 2 heterocycles. The summed E-state index contributed by atoms with van der Waals surface area (Å²) in [4.78, 5) is 18.4. The van der Waals surface area contributed by atoms with Crippen LogP contribution < -0.4 is 11.1 Å². The average molecular weight is 303 g/mol. The van der Waals surface area contributed by atoms with E-state index < -0.39 is 0 Å². The Morgan fingerprint density at radius 2 is 2.05 bits per heavy atom. The Kier molecular flexibility index (Phi) is 3.85. The lowest BCUT2D eigenvalue weighted by Gasteiger charge is -2.26. The highest BCUT2D eigenvalue weighted by molar-refractivity contribution is 7.21. The van der Waals surface area contributed by atoms with Gasteiger partial charge in [-0.2, -0.15) is 0 Å². The van der Waals surface area contributed by atoms with Gasteiger partial charge in [0.05, 0.1) is 5.69 Å². The standard InChI is InChI=1S/C16H21N3OS/c1-9-3-6-11(7-4-9)19-15(20)14-13(17)12-8-5-10(2)18-16(12)21-14/h5,8-9,11H,3-4,6-7,17H2,1-2H3,(H,19,20). The summed E-state index contributed by atoms with van der Waals surface area (Å²) >= 11 is 1.39. The van der Waals surface area contributed by atoms with Crippen LogP contribution in [0.5, 0.6) is 0 Å². The van der Waals surface area contributed by atoms with Gasteiger partial charge in [-0.15, -0.1) is 11.3 Å². The van der Waals surface area contributed by atoms with E-state index in [-0.39, 0.29) is 11.9 Å². The number of nitrogens with one attached hydrogen (secondary N) is 1. The van der Waals surface area contributed by atoms with Crippen LogP contribution in [0.4, 0.5) is 5.69 Å². The molecule has 0 aliphatic heterocycles. The molecule has 0 aromatic carbocycles. The summed E-state index contributed by atoms with van der Waals surface area (Å²) in [6.45, 7) is 4.22. The number of nitrogens with zero attached hydrogens (tertiary/aromatic N) is 1. The minimum Gasteiger partial charge on any atom is -0.397 e. The maximum atomic E-state index is 12.5. The van der Waals surface area contributed by atoms with Crippen LogP contribution in [-0.2, 0) is 0 Å². The monoisotopic (exact) mass is 303 g/mol. The van der Waals surface area contributed by atoms with E-state index in [2.05, 4.69) is 17.2 Å². The molecule has 0 bridgehead atoms. The number of pyridine rings is 1. The number of nitrogen functional groups attached to an aromatic ring is 1. The van der Waals surface area contributed by atoms with Crippen molar-refractivity contribution >= 4 is 33.1 Å². The molecule has 0 spiro atoms. The fourth-order valence-corrected chi connectivity index (χ4v) is 3.96. The number of hydrogen-bond acceptors (Lipinski definition) is 4. The van der Waals surface area contributed by atoms with Crippen LogP contribution in [0.3, 0.4) is 0 Å². The molecule has 1 saturated carbocycles. The Morgan fingerprint density at radius 3 is 2.76 bits per heavy atom. The Hall–Kier alpha value is -1.62. The molecule has 0 saturated heterocycles. The summed E-state index contributed by atoms with van der Waals surface area (Å²) in [6.07, 6.45) is 4.51. The molecule has 0 radical (unpaired) electrons. The molecule has 21 heavy (non-hydrogen) atoms. The van der Waals surface area contributed by atoms with Gasteiger partial charge in [0.25, 0.3) is 5.91 Å². The first-order valence-corrected chi connectivity index (χ1v) is 8.32. The van der Waals surface area contributed by atoms with Crippen LogP contribution in [-0.4, -0.2) is 16.9 Å². The van der Waals surface area contributed by atoms with E-state index >= 15 is 0 Å². The SMILES string of the molecule is Cc1ccc2c(N)c(C(=O)NC3CCC(C)CC3)sc2n1. The minimum atomic E-state index is -0.0484. The highest BCUT2D eigenvalue weighted by Crippen LogP contribution is 2.33. The molecule has 3 N–H and O–H groups in total. The molecule has 4 nitrogen and oxygen atoms in total. The third-order valence-corrected chi connectivity index (χ3v) is 5.40. The zero-order valence-electron chi connectivity index (χ0n) is 12.5. The Morgan fingerprint density at radius 1 is 1.33 bits per heavy atom. The number of carbonyl (C=O) groups excluding carboxylic acids is 1. The summed E-state index contributed by atoms with van der Waals surface area (Å²) in [7, 11) is 0. The molecule has 1 fully saturated rings. The number of hydrogen-bond donors (Lipinski definition) is 2. The Bertz CT molecular complexity index is 671. The summed E-state index contributed by atoms with van der Waals surface area (Å²) in [5.41, 5.74) is 7.63. The predicted molar refractivity (Wildman–Crippen MR) is 87.7 cm³/mol. The van der Waals surface area contributed by atoms with Crippen molar-refractivity contribution in [3.05, 3.63) is 22.7 Å². The first kappa shape index (κ1) is 14.3. The zero-order valence-corrected chi connectivity index (χ0v) is 13.3. The molecule has 5 heteroatoms. The fraction of sp³-hybridized carbons (Fsp3) is 0.500. The Balaban J connectivity index is 1.80. The number of anilines is 1. The van der Waals surface area contributed by atoms with Crippen molar-refractivity contribution in [1.82, 2.24) is 10.3 Å². The number of aromatic nitrogens is 1. The topological polar surface area (TPSA) is 68.0 Å². The molecule has 2 aromatic heterocycles. The maximum Gasteiger partial charge on any atom is 0.263 e. The van der Waals surface area contributed by atoms with Crippen molar-refractivity contribution in [2.45, 2.75) is 45.6 Å². The van der Waals surface area contributed by atoms with Gasteiger partial charge in [0.1, 0.15) is 9.71 Å². The lowest BCUT2D eigenvalue weighted by molar-refractivity contribution is 0.0928. The van der Waals surface area contributed by atoms with Crippen LogP contribution in [0.15, 0.2) is 12.1 Å². The summed E-state index contributed by atoms with van der Waals surface area (Å²) in [6, 6.07) is 4.16. The fourth-order valence-electron chi connectivity index (χ4n) is 2.91. The summed E-state index contributed by atoms with van der Waals surface area (Å²) in [5, 5.41) is 4.02. The third-order valence-electron chi connectivity index (χ3n) is 4.29. The van der Waals surface area contributed by atoms with Crippen molar-refractivity contribution in [1.29, 1.82) is 0 Å². The second-order valence-electron chi connectivity index (χ2n) is 6.08. The third kappa shape index (κ3) is 2.88. The van der Waals surface area contributed by atoms with E-state index in [4.69, 9.17) is 5.73 Å². The number of aryl methyl sites for hydroxylation is 1. The van der Waals surface area contributed by atoms with Gasteiger partial charge in [0.2, 0.25) is 0 Å². The molecule has 1 amide bonds. The molecule has 112 valence electrons. The van der Waals surface area contributed by atoms with Crippen molar-refractivity contribution in [3.63, 3.8) is 0 Å². The van der Waals surface area contributed by atoms with Gasteiger partial charge in [0, 0.05) is 17.1 Å². The van der Waals surface area contributed by atoms with Gasteiger partial charge in [-0.3, -0.25) is 4.79 Å². The molecule has 0 atom stereocenters. The lowest BCUT2D eigenvalue weighted by atomic mass is 9.87. The van der Waals surface area contributed by atoms with Crippen molar-refractivity contribution in [3.8, 4) is 0 Å². The van der Waals surface area contributed by atoms with Gasteiger partial charge >= 0.3 is 0 Å². The van der Waals surface area contributed by atoms with E-state index in [0.29, 0.717) is 10.6 Å². The van der Waals surface area contributed by atoms with E-state index in [1.54, 1.807) is 0 Å². The second-order valence-corrected chi connectivity index (χ2v) is 7.08. The minimum absolute atomic E-state index is 0.0484. The zero-order chi connectivity index (χ0) is 15.0. The number of nitrogens with two attached hydrogens (primary N) is 1. The second kappa shape index (κ2) is 5.64. The van der Waals surface area contributed by atoms with E-state index in [1.807, 2.05) is 19.1 Å². The number of fused-ring (bicyclic) bond motifs is 1. The van der Waals surface area contributed by atoms with Crippen LogP contribution in [0.2, 0.25) is 0 Å². The number of carbonyl (C=O) groups is 1. The molecular weight excluding hydrogens is 282 g/mol. The van der Waals surface area contributed by atoms with Gasteiger partial charge in [-0.05, 0) is 50.7 Å². The van der Waals surface area contributed by atoms with E-state index in [0.717, 1.165) is 34.7 Å². The smallest absolute Gasteiger partial charge is 0.263 e. The van der Waals surface area contributed by atoms with Crippen molar-refractivity contribution in [2.75, 3.05) is 5.73 Å². The predicted octanol–water partition coefficient (Wildman–Crippen LogP) is 3.50. The van der Waals surface area contributed by atoms with Gasteiger partial charge in [-0.25, -0.2) is 4.98 Å². The molecule has 1 aliphatic rings. The number of amides is 1. The van der Waals surface area contributed by atoms with E-state index in [1.165, 1.54) is 24.2 Å². The first-order chi connectivity index (χ1) is 10.0. The van der Waals surface area contributed by atoms with E-state index in [9.17, 15) is 4.79 Å². The highest BCUT2D eigenvalue weighted by Gasteiger charge is 2.23. The normalized spacial score (nSPS) is 22.4. The van der Waals surface area contributed by atoms with Gasteiger partial charge in [0.15, 0.2) is 0 Å². The molecule has 3 rings (SSSR count). The maximum absolute atomic E-state index is 12.5. The largest absolute Gasteiger partial charge is 0.397 e. The van der Waals surface area contributed by atoms with Crippen LogP contribution in [0.25, 0.3) is 10.2 Å². The van der Waals surface area contributed by atoms with Crippen LogP contribution >= 0.6 is 11.3 Å². The summed E-state index contributed by atoms with van der Waals surface area (Å²) < 4.78 is 0. The Labute approximate surface area is 128 Å². The average Bonchev–Trinajstić information content (AvgIpc) is 2.78. The van der Waals surface area contributed by atoms with Gasteiger partial charge < -0.3 is 11.1 Å². The first-order valence-electron chi connectivity index (χ1n) is 7.51. The molecule has 0 unspecified atom stereocenters. The van der Waals surface area contributed by atoms with Crippen LogP contribution in [0.1, 0.15) is 48.0 Å². The number of rotatable bonds is 2. The van der Waals surface area contributed by atoms with Crippen LogP contribution in [0, 0.1) is 12.8 Å². The quantitative estimate of drug-likeness (QED) is 0.892. The van der Waals surface area contributed by atoms with Gasteiger partial charge in [-0.1, -0.05) is 6.92 Å². The molecule has 1 aliphatic carbocycles. The highest BCUT2D eigenvalue weighted by atomic mass is 32.1. The number of thiophene rings is 1. The molecular formula is C16H21N3OS. The summed E-state index contributed by atoms with van der Waals surface area (Å²) in [5.74, 6) is 0.729. The van der Waals surface area contributed by atoms with Crippen molar-refractivity contribution < 1.29 is 4.79 Å². The lowest BCUT2D eigenvalue weighted by Crippen LogP contribution is -2.37.